The summed E-state index contributed by atoms with van der Waals surface area (Å²) < 4.78 is 37.7. The minimum atomic E-state index is -3.16. The van der Waals surface area contributed by atoms with Crippen LogP contribution in [-0.4, -0.2) is 104 Å². The second-order valence-electron chi connectivity index (χ2n) is 10.2. The lowest BCUT2D eigenvalue weighted by Crippen LogP contribution is -2.47. The zero-order valence-corrected chi connectivity index (χ0v) is 24.8. The Kier molecular flexibility index (Phi) is 9.68. The molecule has 14 heteroatoms. The van der Waals surface area contributed by atoms with Crippen LogP contribution in [0, 0.1) is 0 Å². The monoisotopic (exact) mass is 604 g/mol. The summed E-state index contributed by atoms with van der Waals surface area (Å²) in [5, 5.41) is 8.57. The minimum absolute atomic E-state index is 0.258. The first-order valence-corrected chi connectivity index (χ1v) is 16.4. The summed E-state index contributed by atoms with van der Waals surface area (Å²) in [5.74, 6) is 1.89. The first kappa shape index (κ1) is 29.6. The third-order valence-electron chi connectivity index (χ3n) is 7.20. The molecule has 1 aromatic carbocycles. The summed E-state index contributed by atoms with van der Waals surface area (Å²) in [7, 11) is -3.16. The molecule has 3 aromatic rings. The zero-order chi connectivity index (χ0) is 28.8. The maximum absolute atomic E-state index is 11.9. The van der Waals surface area contributed by atoms with Crippen molar-refractivity contribution in [2.24, 2.45) is 0 Å². The number of carbonyl (C=O) groups excluding carboxylic acids is 1. The standard InChI is InChI=1S/C27H36N6O6S2/c1-41(36,37)33-11-9-31(10-12-33)19-22-18-23-25(40-22)27(32-13-16-38-17-14-32)29-26(28-23)20-5-7-21(8-6-20)39-15-3-2-4-24(34)30-35/h5-8,18,35H,2-4,9-17,19H2,1H3,(H,30,34). The number of hydrogen-bond acceptors (Lipinski definition) is 11. The molecule has 222 valence electrons. The maximum atomic E-state index is 11.9. The van der Waals surface area contributed by atoms with E-state index in [2.05, 4.69) is 15.9 Å². The van der Waals surface area contributed by atoms with Gasteiger partial charge in [0.2, 0.25) is 15.9 Å². The summed E-state index contributed by atoms with van der Waals surface area (Å²) >= 11 is 1.70. The van der Waals surface area contributed by atoms with Gasteiger partial charge in [0.15, 0.2) is 11.6 Å². The summed E-state index contributed by atoms with van der Waals surface area (Å²) in [5.41, 5.74) is 3.42. The predicted octanol–water partition coefficient (Wildman–Crippen LogP) is 2.33. The fourth-order valence-corrected chi connectivity index (χ4v) is 6.92. The molecule has 2 aliphatic rings. The van der Waals surface area contributed by atoms with Crippen molar-refractivity contribution in [1.82, 2.24) is 24.7 Å². The fourth-order valence-electron chi connectivity index (χ4n) is 4.93. The quantitative estimate of drug-likeness (QED) is 0.191. The molecule has 0 saturated carbocycles. The SMILES string of the molecule is CS(=O)(=O)N1CCN(Cc2cc3nc(-c4ccc(OCCCCC(=O)NO)cc4)nc(N4CCOCC4)c3s2)CC1. The van der Waals surface area contributed by atoms with Gasteiger partial charge < -0.3 is 14.4 Å². The summed E-state index contributed by atoms with van der Waals surface area (Å²) in [6.07, 6.45) is 2.85. The van der Waals surface area contributed by atoms with Crippen LogP contribution < -0.4 is 15.1 Å². The molecule has 5 rings (SSSR count). The Balaban J connectivity index is 1.31. The lowest BCUT2D eigenvalue weighted by molar-refractivity contribution is -0.129. The molecular weight excluding hydrogens is 568 g/mol. The van der Waals surface area contributed by atoms with Gasteiger partial charge in [-0.25, -0.2) is 23.9 Å². The van der Waals surface area contributed by atoms with E-state index in [1.807, 2.05) is 24.3 Å². The molecule has 0 radical (unpaired) electrons. The molecule has 2 fully saturated rings. The molecule has 0 bridgehead atoms. The Morgan fingerprint density at radius 1 is 1.07 bits per heavy atom. The van der Waals surface area contributed by atoms with Gasteiger partial charge in [-0.2, -0.15) is 4.31 Å². The average molecular weight is 605 g/mol. The van der Waals surface area contributed by atoms with E-state index in [4.69, 9.17) is 24.6 Å². The average Bonchev–Trinajstić information content (AvgIpc) is 3.39. The van der Waals surface area contributed by atoms with Crippen molar-refractivity contribution in [2.75, 3.05) is 70.2 Å². The fraction of sp³-hybridized carbons (Fsp3) is 0.519. The van der Waals surface area contributed by atoms with Crippen LogP contribution >= 0.6 is 11.3 Å². The van der Waals surface area contributed by atoms with Crippen LogP contribution in [0.15, 0.2) is 30.3 Å². The Bertz CT molecular complexity index is 1430. The number of fused-ring (bicyclic) bond motifs is 1. The van der Waals surface area contributed by atoms with E-state index >= 15 is 0 Å². The van der Waals surface area contributed by atoms with Crippen LogP contribution in [0.5, 0.6) is 5.75 Å². The number of sulfonamides is 1. The molecule has 0 spiro atoms. The number of ether oxygens (including phenoxy) is 2. The van der Waals surface area contributed by atoms with Crippen LogP contribution in [0.25, 0.3) is 21.6 Å². The number of thiophene rings is 1. The van der Waals surface area contributed by atoms with Crippen molar-refractivity contribution < 1.29 is 27.9 Å². The van der Waals surface area contributed by atoms with Crippen molar-refractivity contribution in [1.29, 1.82) is 0 Å². The molecule has 2 aromatic heterocycles. The molecular formula is C27H36N6O6S2. The van der Waals surface area contributed by atoms with Gasteiger partial charge in [0.05, 0.1) is 36.3 Å². The Morgan fingerprint density at radius 2 is 1.80 bits per heavy atom. The van der Waals surface area contributed by atoms with Crippen molar-refractivity contribution in [3.63, 3.8) is 0 Å². The normalized spacial score (nSPS) is 17.2. The highest BCUT2D eigenvalue weighted by Gasteiger charge is 2.25. The van der Waals surface area contributed by atoms with Gasteiger partial charge in [-0.3, -0.25) is 14.9 Å². The molecule has 2 saturated heterocycles. The Hall–Kier alpha value is -2.88. The lowest BCUT2D eigenvalue weighted by atomic mass is 10.2. The van der Waals surface area contributed by atoms with E-state index in [9.17, 15) is 13.2 Å². The highest BCUT2D eigenvalue weighted by molar-refractivity contribution is 7.88. The number of anilines is 1. The Labute approximate surface area is 243 Å². The first-order valence-electron chi connectivity index (χ1n) is 13.8. The molecule has 12 nitrogen and oxygen atoms in total. The van der Waals surface area contributed by atoms with E-state index in [0.717, 1.165) is 47.0 Å². The molecule has 0 atom stereocenters. The number of morpholine rings is 1. The number of amides is 1. The third kappa shape index (κ3) is 7.70. The molecule has 1 amide bonds. The predicted molar refractivity (Wildman–Crippen MR) is 157 cm³/mol. The highest BCUT2D eigenvalue weighted by Crippen LogP contribution is 2.35. The second-order valence-corrected chi connectivity index (χ2v) is 13.3. The highest BCUT2D eigenvalue weighted by atomic mass is 32.2. The number of unbranched alkanes of at least 4 members (excludes halogenated alkanes) is 1. The topological polar surface area (TPSA) is 137 Å². The van der Waals surface area contributed by atoms with E-state index in [-0.39, 0.29) is 6.42 Å². The number of nitrogens with one attached hydrogen (secondary N) is 1. The summed E-state index contributed by atoms with van der Waals surface area (Å²) in [4.78, 5) is 26.8. The van der Waals surface area contributed by atoms with Crippen LogP contribution in [0.4, 0.5) is 5.82 Å². The van der Waals surface area contributed by atoms with Gasteiger partial charge in [-0.1, -0.05) is 0 Å². The van der Waals surface area contributed by atoms with E-state index in [1.54, 1.807) is 16.8 Å². The zero-order valence-electron chi connectivity index (χ0n) is 23.1. The number of hydroxylamine groups is 1. The summed E-state index contributed by atoms with van der Waals surface area (Å²) in [6, 6.07) is 9.83. The largest absolute Gasteiger partial charge is 0.494 e. The van der Waals surface area contributed by atoms with Gasteiger partial charge in [0.25, 0.3) is 0 Å². The van der Waals surface area contributed by atoms with Gasteiger partial charge in [-0.15, -0.1) is 11.3 Å². The van der Waals surface area contributed by atoms with Crippen LogP contribution in [0.2, 0.25) is 0 Å². The number of rotatable bonds is 11. The number of carbonyl (C=O) groups is 1. The molecule has 2 aliphatic heterocycles. The maximum Gasteiger partial charge on any atom is 0.243 e. The number of aromatic nitrogens is 2. The van der Waals surface area contributed by atoms with E-state index in [0.29, 0.717) is 64.7 Å². The first-order chi connectivity index (χ1) is 19.8. The van der Waals surface area contributed by atoms with Gasteiger partial charge in [0.1, 0.15) is 5.75 Å². The smallest absolute Gasteiger partial charge is 0.243 e. The van der Waals surface area contributed by atoms with Gasteiger partial charge in [0, 0.05) is 62.7 Å². The van der Waals surface area contributed by atoms with Gasteiger partial charge in [-0.05, 0) is 43.2 Å². The van der Waals surface area contributed by atoms with Crippen molar-refractivity contribution in [3.05, 3.63) is 35.2 Å². The van der Waals surface area contributed by atoms with E-state index in [1.165, 1.54) is 15.4 Å². The van der Waals surface area contributed by atoms with Crippen LogP contribution in [0.1, 0.15) is 24.1 Å². The lowest BCUT2D eigenvalue weighted by Gasteiger charge is -2.32. The number of hydrogen-bond donors (Lipinski definition) is 2. The number of benzene rings is 1. The molecule has 4 heterocycles. The minimum Gasteiger partial charge on any atom is -0.494 e. The molecule has 41 heavy (non-hydrogen) atoms. The van der Waals surface area contributed by atoms with Crippen molar-refractivity contribution in [2.45, 2.75) is 25.8 Å². The number of piperazine rings is 1. The molecule has 0 unspecified atom stereocenters. The van der Waals surface area contributed by atoms with Crippen LogP contribution in [-0.2, 0) is 26.1 Å². The van der Waals surface area contributed by atoms with Crippen molar-refractivity contribution >= 4 is 43.3 Å². The summed E-state index contributed by atoms with van der Waals surface area (Å²) in [6.45, 7) is 6.46. The van der Waals surface area contributed by atoms with Gasteiger partial charge >= 0.3 is 0 Å². The molecule has 2 N–H and O–H groups in total. The number of nitrogens with zero attached hydrogens (tertiary/aromatic N) is 5. The van der Waals surface area contributed by atoms with E-state index < -0.39 is 15.9 Å². The third-order valence-corrected chi connectivity index (χ3v) is 9.61. The molecule has 0 aliphatic carbocycles. The van der Waals surface area contributed by atoms with Crippen LogP contribution in [0.3, 0.4) is 0 Å². The second kappa shape index (κ2) is 13.4. The Morgan fingerprint density at radius 3 is 2.49 bits per heavy atom. The van der Waals surface area contributed by atoms with Crippen molar-refractivity contribution in [3.8, 4) is 17.1 Å².